The summed E-state index contributed by atoms with van der Waals surface area (Å²) in [5.41, 5.74) is -0.151. The summed E-state index contributed by atoms with van der Waals surface area (Å²) < 4.78 is 86.2. The molecule has 42 heavy (non-hydrogen) atoms. The number of ether oxygens (including phenoxy) is 3. The Bertz CT molecular complexity index is 1610. The first-order valence-corrected chi connectivity index (χ1v) is 14.4. The summed E-state index contributed by atoms with van der Waals surface area (Å²) >= 11 is 6.32. The summed E-state index contributed by atoms with van der Waals surface area (Å²) in [5.74, 6) is -1.01. The number of benzene rings is 2. The molecule has 1 atom stereocenters. The molecule has 2 heterocycles. The fraction of sp³-hybridized carbons (Fsp3) is 0.286. The molecule has 14 heteroatoms. The van der Waals surface area contributed by atoms with Gasteiger partial charge in [-0.05, 0) is 55.3 Å². The Hall–Kier alpha value is -3.97. The third-order valence-electron chi connectivity index (χ3n) is 6.26. The van der Waals surface area contributed by atoms with Gasteiger partial charge < -0.3 is 19.3 Å². The zero-order valence-electron chi connectivity index (χ0n) is 22.4. The standard InChI is InChI=1S/C28H26ClF3N2O7S/c1-3-40-27-25(14-18(15-33-27)28(30,31)32)42(37,38)34-16-19(9-12-26(35)36)41-24-11-8-17(13-22(24)34)7-10-20-21(29)5-4-6-23(20)39-2/h4-8,10-11,13-15,19H,3,9,12,16H2,1-2H3,(H,35,36). The van der Waals surface area contributed by atoms with Crippen molar-refractivity contribution in [2.75, 3.05) is 24.6 Å². The van der Waals surface area contributed by atoms with E-state index in [9.17, 15) is 26.4 Å². The first-order chi connectivity index (χ1) is 19.8. The van der Waals surface area contributed by atoms with Crippen LogP contribution in [0.5, 0.6) is 17.4 Å². The number of anilines is 1. The molecule has 0 fully saturated rings. The van der Waals surface area contributed by atoms with Gasteiger partial charge in [-0.1, -0.05) is 29.8 Å². The number of carboxylic acid groups (broad SMARTS) is 1. The van der Waals surface area contributed by atoms with Gasteiger partial charge in [0.05, 0.1) is 36.5 Å². The van der Waals surface area contributed by atoms with E-state index in [2.05, 4.69) is 4.98 Å². The molecule has 0 saturated heterocycles. The number of fused-ring (bicyclic) bond motifs is 1. The van der Waals surface area contributed by atoms with Crippen LogP contribution in [0.4, 0.5) is 18.9 Å². The fourth-order valence-electron chi connectivity index (χ4n) is 4.27. The van der Waals surface area contributed by atoms with Crippen LogP contribution in [0.25, 0.3) is 12.2 Å². The molecule has 0 amide bonds. The highest BCUT2D eigenvalue weighted by Crippen LogP contribution is 2.41. The molecular formula is C28H26ClF3N2O7S. The van der Waals surface area contributed by atoms with Crippen LogP contribution >= 0.6 is 11.6 Å². The van der Waals surface area contributed by atoms with E-state index in [1.54, 1.807) is 36.4 Å². The normalized spacial score (nSPS) is 15.3. The van der Waals surface area contributed by atoms with Crippen molar-refractivity contribution in [2.24, 2.45) is 0 Å². The topological polar surface area (TPSA) is 115 Å². The Labute approximate surface area is 245 Å². The van der Waals surface area contributed by atoms with Crippen molar-refractivity contribution in [3.63, 3.8) is 0 Å². The van der Waals surface area contributed by atoms with Gasteiger partial charge in [0, 0.05) is 18.2 Å². The number of aromatic nitrogens is 1. The number of carboxylic acids is 1. The minimum absolute atomic E-state index is 0.0368. The van der Waals surface area contributed by atoms with Gasteiger partial charge in [0.1, 0.15) is 17.6 Å². The number of hydrogen-bond acceptors (Lipinski definition) is 7. The molecule has 0 saturated carbocycles. The molecule has 1 aromatic heterocycles. The molecule has 3 aromatic rings. The lowest BCUT2D eigenvalue weighted by Crippen LogP contribution is -2.44. The second kappa shape index (κ2) is 12.5. The van der Waals surface area contributed by atoms with E-state index >= 15 is 0 Å². The summed E-state index contributed by atoms with van der Waals surface area (Å²) in [7, 11) is -3.24. The fourth-order valence-corrected chi connectivity index (χ4v) is 6.11. The maximum atomic E-state index is 14.0. The van der Waals surface area contributed by atoms with Crippen molar-refractivity contribution in [1.82, 2.24) is 4.98 Å². The minimum atomic E-state index is -4.87. The van der Waals surface area contributed by atoms with Gasteiger partial charge in [0.2, 0.25) is 5.88 Å². The molecule has 1 unspecified atom stereocenters. The number of methoxy groups -OCH3 is 1. The Morgan fingerprint density at radius 2 is 2.00 bits per heavy atom. The zero-order chi connectivity index (χ0) is 30.7. The van der Waals surface area contributed by atoms with E-state index in [-0.39, 0.29) is 37.4 Å². The predicted octanol–water partition coefficient (Wildman–Crippen LogP) is 6.15. The van der Waals surface area contributed by atoms with Crippen molar-refractivity contribution < 1.29 is 45.7 Å². The van der Waals surface area contributed by atoms with Gasteiger partial charge in [-0.15, -0.1) is 0 Å². The van der Waals surface area contributed by atoms with Gasteiger partial charge in [0.15, 0.2) is 4.90 Å². The molecule has 1 aliphatic heterocycles. The van der Waals surface area contributed by atoms with Crippen LogP contribution in [0.15, 0.2) is 53.6 Å². The van der Waals surface area contributed by atoms with Crippen molar-refractivity contribution in [3.8, 4) is 17.4 Å². The highest BCUT2D eigenvalue weighted by Gasteiger charge is 2.39. The van der Waals surface area contributed by atoms with E-state index in [0.29, 0.717) is 34.2 Å². The number of aliphatic carboxylic acids is 1. The number of sulfonamides is 1. The third kappa shape index (κ3) is 6.73. The first kappa shape index (κ1) is 31.0. The molecule has 2 aromatic carbocycles. The molecule has 9 nitrogen and oxygen atoms in total. The van der Waals surface area contributed by atoms with Gasteiger partial charge in [0.25, 0.3) is 10.0 Å². The van der Waals surface area contributed by atoms with Crippen LogP contribution in [-0.2, 0) is 21.0 Å². The molecule has 1 aliphatic rings. The molecule has 0 spiro atoms. The molecule has 224 valence electrons. The predicted molar refractivity (Wildman–Crippen MR) is 150 cm³/mol. The van der Waals surface area contributed by atoms with Gasteiger partial charge in [-0.25, -0.2) is 13.4 Å². The van der Waals surface area contributed by atoms with Gasteiger partial charge in [-0.3, -0.25) is 9.10 Å². The molecule has 0 bridgehead atoms. The smallest absolute Gasteiger partial charge is 0.417 e. The number of hydrogen-bond donors (Lipinski definition) is 1. The molecule has 1 N–H and O–H groups in total. The van der Waals surface area contributed by atoms with Crippen molar-refractivity contribution in [2.45, 2.75) is 36.9 Å². The van der Waals surface area contributed by atoms with Crippen LogP contribution in [0.3, 0.4) is 0 Å². The number of nitrogens with zero attached hydrogens (tertiary/aromatic N) is 2. The van der Waals surface area contributed by atoms with Crippen LogP contribution in [0, 0.1) is 0 Å². The van der Waals surface area contributed by atoms with E-state index in [1.165, 1.54) is 26.2 Å². The Morgan fingerprint density at radius 3 is 2.67 bits per heavy atom. The van der Waals surface area contributed by atoms with E-state index in [1.807, 2.05) is 0 Å². The Balaban J connectivity index is 1.83. The van der Waals surface area contributed by atoms with E-state index in [0.717, 1.165) is 4.31 Å². The van der Waals surface area contributed by atoms with Crippen molar-refractivity contribution in [1.29, 1.82) is 0 Å². The largest absolute Gasteiger partial charge is 0.496 e. The number of halogens is 4. The summed E-state index contributed by atoms with van der Waals surface area (Å²) in [6, 6.07) is 10.2. The maximum Gasteiger partial charge on any atom is 0.417 e. The zero-order valence-corrected chi connectivity index (χ0v) is 24.0. The second-order valence-corrected chi connectivity index (χ2v) is 11.3. The van der Waals surface area contributed by atoms with E-state index in [4.69, 9.17) is 30.9 Å². The lowest BCUT2D eigenvalue weighted by Gasteiger charge is -2.35. The summed E-state index contributed by atoms with van der Waals surface area (Å²) in [6.45, 7) is 1.12. The van der Waals surface area contributed by atoms with Crippen LogP contribution in [0.1, 0.15) is 36.5 Å². The molecular weight excluding hydrogens is 601 g/mol. The summed E-state index contributed by atoms with van der Waals surface area (Å²) in [4.78, 5) is 14.1. The first-order valence-electron chi connectivity index (χ1n) is 12.6. The number of carbonyl (C=O) groups is 1. The van der Waals surface area contributed by atoms with Crippen molar-refractivity contribution >= 4 is 45.4 Å². The Morgan fingerprint density at radius 1 is 1.24 bits per heavy atom. The molecule has 0 aliphatic carbocycles. The lowest BCUT2D eigenvalue weighted by atomic mass is 10.1. The quantitative estimate of drug-likeness (QED) is 0.266. The number of alkyl halides is 3. The summed E-state index contributed by atoms with van der Waals surface area (Å²) in [6.07, 6.45) is -2.30. The van der Waals surface area contributed by atoms with E-state index < -0.39 is 44.6 Å². The third-order valence-corrected chi connectivity index (χ3v) is 8.37. The van der Waals surface area contributed by atoms with Gasteiger partial charge >= 0.3 is 12.1 Å². The molecule has 4 rings (SSSR count). The molecule has 0 radical (unpaired) electrons. The average Bonchev–Trinajstić information content (AvgIpc) is 2.94. The second-order valence-electron chi connectivity index (χ2n) is 9.08. The van der Waals surface area contributed by atoms with Crippen LogP contribution in [-0.4, -0.2) is 50.8 Å². The Kier molecular flexibility index (Phi) is 9.21. The number of pyridine rings is 1. The average molecular weight is 627 g/mol. The van der Waals surface area contributed by atoms with Gasteiger partial charge in [-0.2, -0.15) is 13.2 Å². The minimum Gasteiger partial charge on any atom is -0.496 e. The monoisotopic (exact) mass is 626 g/mol. The highest BCUT2D eigenvalue weighted by atomic mass is 35.5. The highest BCUT2D eigenvalue weighted by molar-refractivity contribution is 7.93. The lowest BCUT2D eigenvalue weighted by molar-refractivity contribution is -0.138. The van der Waals surface area contributed by atoms with Crippen molar-refractivity contribution in [3.05, 3.63) is 70.4 Å². The number of rotatable bonds is 10. The SMILES string of the molecule is CCOc1ncc(C(F)(F)F)cc1S(=O)(=O)N1CC(CCC(=O)O)Oc2ccc(C=Cc3c(Cl)cccc3OC)cc21. The van der Waals surface area contributed by atoms with Crippen LogP contribution < -0.4 is 18.5 Å². The summed E-state index contributed by atoms with van der Waals surface area (Å²) in [5, 5.41) is 9.56. The van der Waals surface area contributed by atoms with Crippen LogP contribution in [0.2, 0.25) is 5.02 Å². The maximum absolute atomic E-state index is 14.0.